The number of anilines is 4. The van der Waals surface area contributed by atoms with Gasteiger partial charge in [-0.25, -0.2) is 5.84 Å². The molecule has 94 valence electrons. The van der Waals surface area contributed by atoms with Crippen LogP contribution in [-0.4, -0.2) is 17.0 Å². The standard InChI is InChI=1S/C12H16N6/c1-8-5-3-4-6-9(8)18(2)11-7-10(17-14)15-12(13)16-11/h3-7H,14H2,1-2H3,(H3,13,15,16,17). The van der Waals surface area contributed by atoms with E-state index in [2.05, 4.69) is 15.4 Å². The van der Waals surface area contributed by atoms with E-state index in [-0.39, 0.29) is 5.95 Å². The van der Waals surface area contributed by atoms with Crippen molar-refractivity contribution >= 4 is 23.3 Å². The van der Waals surface area contributed by atoms with E-state index in [4.69, 9.17) is 11.6 Å². The van der Waals surface area contributed by atoms with Crippen molar-refractivity contribution in [1.29, 1.82) is 0 Å². The average Bonchev–Trinajstić information content (AvgIpc) is 2.37. The molecule has 6 heteroatoms. The topological polar surface area (TPSA) is 93.1 Å². The molecule has 1 heterocycles. The number of hydrogen-bond donors (Lipinski definition) is 3. The summed E-state index contributed by atoms with van der Waals surface area (Å²) >= 11 is 0. The van der Waals surface area contributed by atoms with Crippen LogP contribution in [0.5, 0.6) is 0 Å². The quantitative estimate of drug-likeness (QED) is 0.558. The Hall–Kier alpha value is -2.34. The summed E-state index contributed by atoms with van der Waals surface area (Å²) in [4.78, 5) is 10.1. The summed E-state index contributed by atoms with van der Waals surface area (Å²) in [6, 6.07) is 9.77. The molecular formula is C12H16N6. The van der Waals surface area contributed by atoms with Crippen molar-refractivity contribution < 1.29 is 0 Å². The molecule has 5 N–H and O–H groups in total. The Balaban J connectivity index is 2.43. The predicted octanol–water partition coefficient (Wildman–Crippen LogP) is 1.42. The van der Waals surface area contributed by atoms with E-state index in [1.54, 1.807) is 6.07 Å². The molecule has 1 aromatic carbocycles. The van der Waals surface area contributed by atoms with Crippen LogP contribution in [0.4, 0.5) is 23.3 Å². The van der Waals surface area contributed by atoms with Crippen LogP contribution in [0.2, 0.25) is 0 Å². The highest BCUT2D eigenvalue weighted by Gasteiger charge is 2.10. The molecular weight excluding hydrogens is 228 g/mol. The largest absolute Gasteiger partial charge is 0.368 e. The van der Waals surface area contributed by atoms with Crippen molar-refractivity contribution in [1.82, 2.24) is 9.97 Å². The first-order valence-corrected chi connectivity index (χ1v) is 5.52. The van der Waals surface area contributed by atoms with Gasteiger partial charge in [-0.2, -0.15) is 9.97 Å². The van der Waals surface area contributed by atoms with E-state index in [9.17, 15) is 0 Å². The van der Waals surface area contributed by atoms with Gasteiger partial charge in [-0.05, 0) is 18.6 Å². The van der Waals surface area contributed by atoms with Crippen LogP contribution in [0.15, 0.2) is 30.3 Å². The number of aromatic nitrogens is 2. The highest BCUT2D eigenvalue weighted by Crippen LogP contribution is 2.26. The molecule has 2 aromatic rings. The van der Waals surface area contributed by atoms with Crippen molar-refractivity contribution in [2.24, 2.45) is 5.84 Å². The van der Waals surface area contributed by atoms with Crippen LogP contribution in [-0.2, 0) is 0 Å². The lowest BCUT2D eigenvalue weighted by Gasteiger charge is -2.21. The zero-order valence-electron chi connectivity index (χ0n) is 10.4. The molecule has 0 radical (unpaired) electrons. The summed E-state index contributed by atoms with van der Waals surface area (Å²) in [5, 5.41) is 0. The molecule has 0 bridgehead atoms. The number of rotatable bonds is 3. The summed E-state index contributed by atoms with van der Waals surface area (Å²) in [5.41, 5.74) is 10.3. The Morgan fingerprint density at radius 3 is 2.61 bits per heavy atom. The predicted molar refractivity (Wildman–Crippen MR) is 73.5 cm³/mol. The van der Waals surface area contributed by atoms with E-state index < -0.39 is 0 Å². The number of aryl methyl sites for hydroxylation is 1. The minimum absolute atomic E-state index is 0.181. The number of nitrogen functional groups attached to an aromatic ring is 2. The first-order valence-electron chi connectivity index (χ1n) is 5.52. The molecule has 0 aliphatic carbocycles. The first-order chi connectivity index (χ1) is 8.61. The van der Waals surface area contributed by atoms with Crippen molar-refractivity contribution in [2.75, 3.05) is 23.1 Å². The van der Waals surface area contributed by atoms with Crippen LogP contribution >= 0.6 is 0 Å². The molecule has 0 spiro atoms. The molecule has 0 unspecified atom stereocenters. The van der Waals surface area contributed by atoms with Gasteiger partial charge in [0, 0.05) is 18.8 Å². The van der Waals surface area contributed by atoms with Crippen molar-refractivity contribution in [3.63, 3.8) is 0 Å². The van der Waals surface area contributed by atoms with E-state index >= 15 is 0 Å². The minimum atomic E-state index is 0.181. The van der Waals surface area contributed by atoms with Crippen LogP contribution < -0.4 is 21.9 Å². The Morgan fingerprint density at radius 1 is 1.22 bits per heavy atom. The van der Waals surface area contributed by atoms with Gasteiger partial charge >= 0.3 is 0 Å². The van der Waals surface area contributed by atoms with Gasteiger partial charge in [-0.3, -0.25) is 0 Å². The van der Waals surface area contributed by atoms with Gasteiger partial charge in [-0.15, -0.1) is 0 Å². The van der Waals surface area contributed by atoms with Gasteiger partial charge in [0.1, 0.15) is 11.6 Å². The monoisotopic (exact) mass is 244 g/mol. The fourth-order valence-corrected chi connectivity index (χ4v) is 1.76. The lowest BCUT2D eigenvalue weighted by Crippen LogP contribution is -2.16. The maximum Gasteiger partial charge on any atom is 0.224 e. The Kier molecular flexibility index (Phi) is 3.29. The van der Waals surface area contributed by atoms with Gasteiger partial charge in [-0.1, -0.05) is 18.2 Å². The third-order valence-corrected chi connectivity index (χ3v) is 2.70. The van der Waals surface area contributed by atoms with Crippen LogP contribution in [0.3, 0.4) is 0 Å². The first kappa shape index (κ1) is 12.1. The molecule has 1 aromatic heterocycles. The molecule has 0 atom stereocenters. The fourth-order valence-electron chi connectivity index (χ4n) is 1.76. The fraction of sp³-hybridized carbons (Fsp3) is 0.167. The SMILES string of the molecule is Cc1ccccc1N(C)c1cc(NN)nc(N)n1. The van der Waals surface area contributed by atoms with Crippen LogP contribution in [0, 0.1) is 6.92 Å². The Labute approximate surface area is 106 Å². The summed E-state index contributed by atoms with van der Waals surface area (Å²) in [7, 11) is 1.92. The maximum absolute atomic E-state index is 5.64. The molecule has 18 heavy (non-hydrogen) atoms. The summed E-state index contributed by atoms with van der Waals surface area (Å²) in [6.07, 6.45) is 0. The zero-order valence-corrected chi connectivity index (χ0v) is 10.4. The number of nitrogens with one attached hydrogen (secondary N) is 1. The smallest absolute Gasteiger partial charge is 0.224 e. The molecule has 0 saturated carbocycles. The van der Waals surface area contributed by atoms with Crippen molar-refractivity contribution in [2.45, 2.75) is 6.92 Å². The molecule has 0 saturated heterocycles. The summed E-state index contributed by atoms with van der Waals surface area (Å²) in [5.74, 6) is 6.69. The number of para-hydroxylation sites is 1. The number of hydrazine groups is 1. The number of nitrogens with two attached hydrogens (primary N) is 2. The molecule has 2 rings (SSSR count). The normalized spacial score (nSPS) is 10.2. The van der Waals surface area contributed by atoms with Crippen LogP contribution in [0.25, 0.3) is 0 Å². The lowest BCUT2D eigenvalue weighted by molar-refractivity contribution is 1.07. The van der Waals surface area contributed by atoms with Gasteiger partial charge in [0.25, 0.3) is 0 Å². The van der Waals surface area contributed by atoms with Crippen LogP contribution in [0.1, 0.15) is 5.56 Å². The second-order valence-electron chi connectivity index (χ2n) is 3.96. The highest BCUT2D eigenvalue weighted by molar-refractivity contribution is 5.65. The third-order valence-electron chi connectivity index (χ3n) is 2.70. The molecule has 0 aliphatic heterocycles. The minimum Gasteiger partial charge on any atom is -0.368 e. The number of hydrogen-bond acceptors (Lipinski definition) is 6. The Morgan fingerprint density at radius 2 is 1.94 bits per heavy atom. The van der Waals surface area contributed by atoms with E-state index in [1.165, 1.54) is 0 Å². The highest BCUT2D eigenvalue weighted by atomic mass is 15.3. The number of benzene rings is 1. The molecule has 0 amide bonds. The Bertz CT molecular complexity index is 554. The van der Waals surface area contributed by atoms with Gasteiger partial charge in [0.05, 0.1) is 0 Å². The van der Waals surface area contributed by atoms with E-state index in [1.807, 2.05) is 43.1 Å². The van der Waals surface area contributed by atoms with E-state index in [0.29, 0.717) is 11.6 Å². The average molecular weight is 244 g/mol. The zero-order chi connectivity index (χ0) is 13.1. The molecule has 0 aliphatic rings. The second kappa shape index (κ2) is 4.89. The van der Waals surface area contributed by atoms with E-state index in [0.717, 1.165) is 11.3 Å². The lowest BCUT2D eigenvalue weighted by atomic mass is 10.2. The van der Waals surface area contributed by atoms with Gasteiger partial charge in [0.2, 0.25) is 5.95 Å². The second-order valence-corrected chi connectivity index (χ2v) is 3.96. The number of nitrogens with zero attached hydrogens (tertiary/aromatic N) is 3. The summed E-state index contributed by atoms with van der Waals surface area (Å²) < 4.78 is 0. The van der Waals surface area contributed by atoms with Gasteiger partial charge in [0.15, 0.2) is 0 Å². The van der Waals surface area contributed by atoms with Crippen molar-refractivity contribution in [3.8, 4) is 0 Å². The molecule has 6 nitrogen and oxygen atoms in total. The maximum atomic E-state index is 5.64. The summed E-state index contributed by atoms with van der Waals surface area (Å²) in [6.45, 7) is 2.04. The van der Waals surface area contributed by atoms with Gasteiger partial charge < -0.3 is 16.1 Å². The molecule has 0 fully saturated rings. The third kappa shape index (κ3) is 2.33. The van der Waals surface area contributed by atoms with Crippen molar-refractivity contribution in [3.05, 3.63) is 35.9 Å².